The van der Waals surface area contributed by atoms with Crippen LogP contribution in [0.3, 0.4) is 0 Å². The van der Waals surface area contributed by atoms with Gasteiger partial charge in [0.05, 0.1) is 13.2 Å². The summed E-state index contributed by atoms with van der Waals surface area (Å²) in [5.41, 5.74) is 0. The minimum atomic E-state index is -1.22. The lowest BCUT2D eigenvalue weighted by molar-refractivity contribution is -0.171. The third-order valence-corrected chi connectivity index (χ3v) is 2.18. The Kier molecular flexibility index (Phi) is 4.85. The number of amides is 2. The van der Waals surface area contributed by atoms with Crippen molar-refractivity contribution in [2.75, 3.05) is 13.2 Å². The molecule has 0 unspecified atom stereocenters. The van der Waals surface area contributed by atoms with Crippen LogP contribution in [0.4, 0.5) is 4.79 Å². The first-order valence-corrected chi connectivity index (χ1v) is 5.02. The van der Waals surface area contributed by atoms with Crippen LogP contribution in [0.15, 0.2) is 0 Å². The molecule has 0 saturated carbocycles. The van der Waals surface area contributed by atoms with E-state index in [1.54, 1.807) is 0 Å². The van der Waals surface area contributed by atoms with E-state index < -0.39 is 18.0 Å². The number of hydrogen-bond acceptors (Lipinski definition) is 6. The molecule has 0 aromatic heterocycles. The van der Waals surface area contributed by atoms with Gasteiger partial charge < -0.3 is 14.6 Å². The van der Waals surface area contributed by atoms with E-state index in [-0.39, 0.29) is 24.0 Å². The SMILES string of the molecule is O=C(O)O[C@@H]1CCOC1.O=C1CCC(=O)N1O. The minimum absolute atomic E-state index is 0.148. The number of hydroxylamine groups is 2. The molecular weight excluding hydrogens is 234 g/mol. The van der Waals surface area contributed by atoms with Gasteiger partial charge >= 0.3 is 6.16 Å². The van der Waals surface area contributed by atoms with Crippen molar-refractivity contribution < 1.29 is 34.2 Å². The van der Waals surface area contributed by atoms with Crippen molar-refractivity contribution in [1.29, 1.82) is 0 Å². The number of ether oxygens (including phenoxy) is 2. The second-order valence-electron chi connectivity index (χ2n) is 3.47. The molecule has 2 heterocycles. The van der Waals surface area contributed by atoms with Crippen molar-refractivity contribution in [2.24, 2.45) is 0 Å². The van der Waals surface area contributed by atoms with E-state index in [1.165, 1.54) is 0 Å². The van der Waals surface area contributed by atoms with Crippen LogP contribution >= 0.6 is 0 Å². The van der Waals surface area contributed by atoms with Crippen LogP contribution in [0.2, 0.25) is 0 Å². The van der Waals surface area contributed by atoms with Crippen LogP contribution in [0.25, 0.3) is 0 Å². The fourth-order valence-electron chi connectivity index (χ4n) is 1.31. The van der Waals surface area contributed by atoms with E-state index in [9.17, 15) is 14.4 Å². The molecule has 2 rings (SSSR count). The zero-order valence-electron chi connectivity index (χ0n) is 9.00. The first-order valence-electron chi connectivity index (χ1n) is 5.02. The summed E-state index contributed by atoms with van der Waals surface area (Å²) in [7, 11) is 0. The van der Waals surface area contributed by atoms with Gasteiger partial charge in [0, 0.05) is 19.3 Å². The number of hydrogen-bond donors (Lipinski definition) is 2. The summed E-state index contributed by atoms with van der Waals surface area (Å²) in [5, 5.41) is 16.7. The molecule has 8 heteroatoms. The number of carbonyl (C=O) groups excluding carboxylic acids is 2. The Balaban J connectivity index is 0.000000171. The van der Waals surface area contributed by atoms with E-state index in [0.29, 0.717) is 19.6 Å². The van der Waals surface area contributed by atoms with Gasteiger partial charge in [-0.15, -0.1) is 0 Å². The number of rotatable bonds is 1. The maximum atomic E-state index is 10.2. The van der Waals surface area contributed by atoms with Crippen LogP contribution < -0.4 is 0 Å². The Hall–Kier alpha value is -1.67. The van der Waals surface area contributed by atoms with Crippen LogP contribution in [0.5, 0.6) is 0 Å². The molecule has 2 aliphatic rings. The summed E-state index contributed by atoms with van der Waals surface area (Å²) < 4.78 is 9.27. The lowest BCUT2D eigenvalue weighted by Gasteiger charge is -2.03. The Morgan fingerprint density at radius 3 is 2.24 bits per heavy atom. The van der Waals surface area contributed by atoms with Crippen molar-refractivity contribution in [2.45, 2.75) is 25.4 Å². The number of imide groups is 1. The highest BCUT2D eigenvalue weighted by atomic mass is 16.7. The fraction of sp³-hybridized carbons (Fsp3) is 0.667. The van der Waals surface area contributed by atoms with Gasteiger partial charge in [-0.05, 0) is 0 Å². The molecule has 0 bridgehead atoms. The monoisotopic (exact) mass is 247 g/mol. The van der Waals surface area contributed by atoms with Gasteiger partial charge in [0.2, 0.25) is 0 Å². The summed E-state index contributed by atoms with van der Waals surface area (Å²) in [4.78, 5) is 30.4. The standard InChI is InChI=1S/C5H8O4.C4H5NO3/c6-5(7)9-4-1-2-8-3-4;6-3-1-2-4(7)5(3)8/h4H,1-3H2,(H,6,7);8H,1-2H2/t4-;/m1./s1. The van der Waals surface area contributed by atoms with Gasteiger partial charge in [0.25, 0.3) is 11.8 Å². The molecule has 17 heavy (non-hydrogen) atoms. The van der Waals surface area contributed by atoms with Gasteiger partial charge in [-0.3, -0.25) is 14.8 Å². The van der Waals surface area contributed by atoms with Crippen molar-refractivity contribution in [3.63, 3.8) is 0 Å². The number of carboxylic acid groups (broad SMARTS) is 1. The largest absolute Gasteiger partial charge is 0.506 e. The van der Waals surface area contributed by atoms with Gasteiger partial charge in [-0.25, -0.2) is 4.79 Å². The first-order chi connectivity index (χ1) is 8.00. The van der Waals surface area contributed by atoms with Gasteiger partial charge in [-0.2, -0.15) is 5.06 Å². The van der Waals surface area contributed by atoms with E-state index in [0.717, 1.165) is 0 Å². The zero-order chi connectivity index (χ0) is 12.8. The summed E-state index contributed by atoms with van der Waals surface area (Å²) in [5.74, 6) is -1.01. The maximum absolute atomic E-state index is 10.2. The molecule has 0 aliphatic carbocycles. The summed E-state index contributed by atoms with van der Waals surface area (Å²) in [6, 6.07) is 0. The van der Waals surface area contributed by atoms with E-state index in [2.05, 4.69) is 4.74 Å². The molecule has 2 fully saturated rings. The van der Waals surface area contributed by atoms with E-state index in [4.69, 9.17) is 15.1 Å². The molecule has 1 atom stereocenters. The molecule has 2 saturated heterocycles. The average molecular weight is 247 g/mol. The van der Waals surface area contributed by atoms with Gasteiger partial charge in [-0.1, -0.05) is 0 Å². The highest BCUT2D eigenvalue weighted by Gasteiger charge is 2.26. The maximum Gasteiger partial charge on any atom is 0.506 e. The Morgan fingerprint density at radius 1 is 1.35 bits per heavy atom. The van der Waals surface area contributed by atoms with Gasteiger partial charge in [0.1, 0.15) is 6.10 Å². The molecule has 2 aliphatic heterocycles. The van der Waals surface area contributed by atoms with Crippen LogP contribution in [-0.4, -0.2) is 52.7 Å². The molecule has 2 N–H and O–H groups in total. The molecule has 0 aromatic carbocycles. The molecule has 0 spiro atoms. The summed E-state index contributed by atoms with van der Waals surface area (Å²) in [6.45, 7) is 1.02. The average Bonchev–Trinajstić information content (AvgIpc) is 2.85. The highest BCUT2D eigenvalue weighted by Crippen LogP contribution is 2.07. The Morgan fingerprint density at radius 2 is 1.94 bits per heavy atom. The topological polar surface area (TPSA) is 113 Å². The van der Waals surface area contributed by atoms with E-state index in [1.807, 2.05) is 0 Å². The van der Waals surface area contributed by atoms with Crippen molar-refractivity contribution in [1.82, 2.24) is 5.06 Å². The molecule has 2 amide bonds. The minimum Gasteiger partial charge on any atom is -0.450 e. The highest BCUT2D eigenvalue weighted by molar-refractivity contribution is 6.00. The molecule has 8 nitrogen and oxygen atoms in total. The fourth-order valence-corrected chi connectivity index (χ4v) is 1.31. The molecule has 0 aromatic rings. The second-order valence-corrected chi connectivity index (χ2v) is 3.47. The summed E-state index contributed by atoms with van der Waals surface area (Å²) >= 11 is 0. The predicted molar refractivity (Wildman–Crippen MR) is 51.2 cm³/mol. The normalized spacial score (nSPS) is 23.4. The number of nitrogens with zero attached hydrogens (tertiary/aromatic N) is 1. The number of carbonyl (C=O) groups is 3. The Bertz CT molecular complexity index is 294. The third kappa shape index (κ3) is 4.37. The van der Waals surface area contributed by atoms with Crippen molar-refractivity contribution >= 4 is 18.0 Å². The first kappa shape index (κ1) is 13.4. The predicted octanol–water partition coefficient (Wildman–Crippen LogP) is -0.00550. The lowest BCUT2D eigenvalue weighted by Crippen LogP contribution is -2.24. The van der Waals surface area contributed by atoms with Crippen molar-refractivity contribution in [3.8, 4) is 0 Å². The zero-order valence-corrected chi connectivity index (χ0v) is 9.00. The second kappa shape index (κ2) is 6.16. The van der Waals surface area contributed by atoms with Crippen LogP contribution in [0.1, 0.15) is 19.3 Å². The van der Waals surface area contributed by atoms with Crippen molar-refractivity contribution in [3.05, 3.63) is 0 Å². The van der Waals surface area contributed by atoms with E-state index >= 15 is 0 Å². The van der Waals surface area contributed by atoms with Crippen LogP contribution in [-0.2, 0) is 19.1 Å². The molecular formula is C9H13NO7. The smallest absolute Gasteiger partial charge is 0.450 e. The third-order valence-electron chi connectivity index (χ3n) is 2.18. The van der Waals surface area contributed by atoms with Crippen LogP contribution in [0, 0.1) is 0 Å². The Labute approximate surface area is 96.7 Å². The summed E-state index contributed by atoms with van der Waals surface area (Å²) in [6.07, 6.45) is -0.468. The van der Waals surface area contributed by atoms with Gasteiger partial charge in [0.15, 0.2) is 0 Å². The molecule has 96 valence electrons. The lowest BCUT2D eigenvalue weighted by atomic mass is 10.3. The molecule has 0 radical (unpaired) electrons. The quantitative estimate of drug-likeness (QED) is 0.380.